The van der Waals surface area contributed by atoms with Crippen molar-refractivity contribution in [2.45, 2.75) is 12.8 Å². The molecule has 0 radical (unpaired) electrons. The Hall–Kier alpha value is -2.35. The minimum absolute atomic E-state index is 0.0525. The van der Waals surface area contributed by atoms with Crippen molar-refractivity contribution >= 4 is 28.6 Å². The third-order valence-electron chi connectivity index (χ3n) is 3.33. The molecule has 1 N–H and O–H groups in total. The average molecular weight is 332 g/mol. The molecule has 0 spiro atoms. The van der Waals surface area contributed by atoms with Gasteiger partial charge in [0.15, 0.2) is 5.82 Å². The van der Waals surface area contributed by atoms with E-state index in [0.29, 0.717) is 24.7 Å². The summed E-state index contributed by atoms with van der Waals surface area (Å²) in [6, 6.07) is 9.19. The molecule has 0 saturated carbocycles. The number of rotatable bonds is 6. The zero-order valence-electron chi connectivity index (χ0n) is 12.4. The third-order valence-corrected chi connectivity index (χ3v) is 4.22. The lowest BCUT2D eigenvalue weighted by molar-refractivity contribution is -0.115. The number of hydrogen-bond donors (Lipinski definition) is 1. The topological polar surface area (TPSA) is 88.3 Å². The van der Waals surface area contributed by atoms with Crippen LogP contribution in [0.4, 0.5) is 10.5 Å². The maximum absolute atomic E-state index is 11.9. The van der Waals surface area contributed by atoms with E-state index in [0.717, 1.165) is 18.0 Å². The number of amides is 2. The standard InChI is InChI=1S/C15H16N4O3S/c20-13(16-11-4-2-1-3-5-11)10-12-17-14(22-18-12)6-7-19-8-9-23-15(19)21/h1-5H,6-10H2,(H,16,20). The van der Waals surface area contributed by atoms with E-state index in [1.165, 1.54) is 11.8 Å². The molecule has 0 aliphatic carbocycles. The van der Waals surface area contributed by atoms with Gasteiger partial charge in [0.2, 0.25) is 11.8 Å². The summed E-state index contributed by atoms with van der Waals surface area (Å²) < 4.78 is 5.12. The molecule has 7 nitrogen and oxygen atoms in total. The van der Waals surface area contributed by atoms with Gasteiger partial charge < -0.3 is 14.7 Å². The molecule has 8 heteroatoms. The predicted octanol–water partition coefficient (Wildman–Crippen LogP) is 1.96. The zero-order valence-corrected chi connectivity index (χ0v) is 13.2. The number of anilines is 1. The van der Waals surface area contributed by atoms with Gasteiger partial charge in [-0.2, -0.15) is 4.98 Å². The molecule has 3 rings (SSSR count). The molecule has 1 aromatic heterocycles. The fraction of sp³-hybridized carbons (Fsp3) is 0.333. The predicted molar refractivity (Wildman–Crippen MR) is 86.2 cm³/mol. The monoisotopic (exact) mass is 332 g/mol. The van der Waals surface area contributed by atoms with Crippen LogP contribution in [0, 0.1) is 0 Å². The van der Waals surface area contributed by atoms with Crippen molar-refractivity contribution in [2.24, 2.45) is 0 Å². The highest BCUT2D eigenvalue weighted by atomic mass is 32.2. The van der Waals surface area contributed by atoms with Crippen LogP contribution in [0.1, 0.15) is 11.7 Å². The average Bonchev–Trinajstić information content (AvgIpc) is 3.15. The largest absolute Gasteiger partial charge is 0.339 e. The fourth-order valence-corrected chi connectivity index (χ4v) is 3.04. The van der Waals surface area contributed by atoms with Crippen LogP contribution in [0.25, 0.3) is 0 Å². The van der Waals surface area contributed by atoms with E-state index >= 15 is 0 Å². The van der Waals surface area contributed by atoms with Crippen molar-refractivity contribution in [3.63, 3.8) is 0 Å². The van der Waals surface area contributed by atoms with Crippen molar-refractivity contribution in [3.8, 4) is 0 Å². The lowest BCUT2D eigenvalue weighted by Gasteiger charge is -2.11. The summed E-state index contributed by atoms with van der Waals surface area (Å²) in [5, 5.41) is 6.66. The van der Waals surface area contributed by atoms with Gasteiger partial charge >= 0.3 is 0 Å². The van der Waals surface area contributed by atoms with E-state index in [-0.39, 0.29) is 17.6 Å². The molecule has 1 fully saturated rings. The molecule has 0 unspecified atom stereocenters. The van der Waals surface area contributed by atoms with Gasteiger partial charge in [-0.05, 0) is 12.1 Å². The molecule has 2 aromatic rings. The van der Waals surface area contributed by atoms with Crippen molar-refractivity contribution in [3.05, 3.63) is 42.0 Å². The van der Waals surface area contributed by atoms with Crippen molar-refractivity contribution in [2.75, 3.05) is 24.2 Å². The van der Waals surface area contributed by atoms with Crippen LogP contribution < -0.4 is 5.32 Å². The summed E-state index contributed by atoms with van der Waals surface area (Å²) in [6.07, 6.45) is 0.552. The summed E-state index contributed by atoms with van der Waals surface area (Å²) in [7, 11) is 0. The Morgan fingerprint density at radius 1 is 1.35 bits per heavy atom. The second-order valence-corrected chi connectivity index (χ2v) is 6.09. The molecule has 23 heavy (non-hydrogen) atoms. The van der Waals surface area contributed by atoms with E-state index < -0.39 is 0 Å². The maximum Gasteiger partial charge on any atom is 0.281 e. The van der Waals surface area contributed by atoms with Gasteiger partial charge in [0.25, 0.3) is 5.24 Å². The Labute approximate surface area is 137 Å². The second-order valence-electron chi connectivity index (χ2n) is 5.05. The second kappa shape index (κ2) is 7.28. The van der Waals surface area contributed by atoms with E-state index in [1.807, 2.05) is 30.3 Å². The molecule has 1 saturated heterocycles. The van der Waals surface area contributed by atoms with E-state index in [1.54, 1.807) is 4.90 Å². The molecule has 0 bridgehead atoms. The maximum atomic E-state index is 11.9. The van der Waals surface area contributed by atoms with Gasteiger partial charge in [0.05, 0.1) is 6.42 Å². The Kier molecular flexibility index (Phi) is 4.92. The van der Waals surface area contributed by atoms with Crippen molar-refractivity contribution < 1.29 is 14.1 Å². The van der Waals surface area contributed by atoms with Crippen molar-refractivity contribution in [1.29, 1.82) is 0 Å². The number of carbonyl (C=O) groups is 2. The number of benzene rings is 1. The number of carbonyl (C=O) groups excluding carboxylic acids is 2. The first-order valence-electron chi connectivity index (χ1n) is 7.29. The number of nitrogens with zero attached hydrogens (tertiary/aromatic N) is 3. The number of para-hydroxylation sites is 1. The number of nitrogens with one attached hydrogen (secondary N) is 1. The number of thioether (sulfide) groups is 1. The molecular weight excluding hydrogens is 316 g/mol. The zero-order chi connectivity index (χ0) is 16.1. The lowest BCUT2D eigenvalue weighted by Crippen LogP contribution is -2.25. The third kappa shape index (κ3) is 4.32. The van der Waals surface area contributed by atoms with Crippen LogP contribution in [0.15, 0.2) is 34.9 Å². The van der Waals surface area contributed by atoms with Crippen molar-refractivity contribution in [1.82, 2.24) is 15.0 Å². The highest BCUT2D eigenvalue weighted by Gasteiger charge is 2.21. The number of aromatic nitrogens is 2. The molecule has 2 amide bonds. The highest BCUT2D eigenvalue weighted by molar-refractivity contribution is 8.13. The van der Waals surface area contributed by atoms with Crippen LogP contribution >= 0.6 is 11.8 Å². The van der Waals surface area contributed by atoms with Gasteiger partial charge in [-0.3, -0.25) is 9.59 Å². The van der Waals surface area contributed by atoms with Gasteiger partial charge in [-0.25, -0.2) is 0 Å². The van der Waals surface area contributed by atoms with Gasteiger partial charge in [0.1, 0.15) is 0 Å². The van der Waals surface area contributed by atoms with Gasteiger partial charge in [-0.15, -0.1) is 0 Å². The molecule has 0 atom stereocenters. The summed E-state index contributed by atoms with van der Waals surface area (Å²) in [5.74, 6) is 1.41. The van der Waals surface area contributed by atoms with Crippen LogP contribution in [0.2, 0.25) is 0 Å². The van der Waals surface area contributed by atoms with Crippen LogP contribution in [-0.2, 0) is 17.6 Å². The number of hydrogen-bond acceptors (Lipinski definition) is 6. The van der Waals surface area contributed by atoms with E-state index in [9.17, 15) is 9.59 Å². The highest BCUT2D eigenvalue weighted by Crippen LogP contribution is 2.17. The van der Waals surface area contributed by atoms with Crippen LogP contribution in [-0.4, -0.2) is 45.0 Å². The van der Waals surface area contributed by atoms with Crippen LogP contribution in [0.3, 0.4) is 0 Å². The van der Waals surface area contributed by atoms with Gasteiger partial charge in [0, 0.05) is 31.0 Å². The summed E-state index contributed by atoms with van der Waals surface area (Å²) in [6.45, 7) is 1.31. The SMILES string of the molecule is O=C(Cc1noc(CCN2CCSC2=O)n1)Nc1ccccc1. The summed E-state index contributed by atoms with van der Waals surface area (Å²) in [5.41, 5.74) is 0.728. The molecule has 2 heterocycles. The van der Waals surface area contributed by atoms with Gasteiger partial charge in [-0.1, -0.05) is 35.1 Å². The Balaban J connectivity index is 1.49. The summed E-state index contributed by atoms with van der Waals surface area (Å²) in [4.78, 5) is 29.4. The molecule has 120 valence electrons. The first kappa shape index (κ1) is 15.5. The normalized spacial score (nSPS) is 14.3. The smallest absolute Gasteiger partial charge is 0.281 e. The first-order chi connectivity index (χ1) is 11.2. The Morgan fingerprint density at radius 3 is 2.91 bits per heavy atom. The molecule has 1 aliphatic rings. The minimum atomic E-state index is -0.199. The lowest BCUT2D eigenvalue weighted by atomic mass is 10.3. The minimum Gasteiger partial charge on any atom is -0.339 e. The first-order valence-corrected chi connectivity index (χ1v) is 8.27. The molecular formula is C15H16N4O3S. The van der Waals surface area contributed by atoms with E-state index in [4.69, 9.17) is 4.52 Å². The summed E-state index contributed by atoms with van der Waals surface area (Å²) >= 11 is 1.32. The van der Waals surface area contributed by atoms with Crippen LogP contribution in [0.5, 0.6) is 0 Å². The Morgan fingerprint density at radius 2 is 2.17 bits per heavy atom. The Bertz CT molecular complexity index is 689. The van der Waals surface area contributed by atoms with E-state index in [2.05, 4.69) is 15.5 Å². The molecule has 1 aliphatic heterocycles. The fourth-order valence-electron chi connectivity index (χ4n) is 2.19. The molecule has 1 aromatic carbocycles. The quantitative estimate of drug-likeness (QED) is 0.870.